The number of amides is 5. The molecule has 0 unspecified atom stereocenters. The first-order valence-electron chi connectivity index (χ1n) is 8.80. The van der Waals surface area contributed by atoms with Gasteiger partial charge in [0.15, 0.2) is 6.61 Å². The van der Waals surface area contributed by atoms with Crippen molar-refractivity contribution in [1.82, 2.24) is 10.6 Å². The first kappa shape index (κ1) is 19.8. The highest BCUT2D eigenvalue weighted by atomic mass is 16.5. The normalized spacial score (nSPS) is 13.4. The van der Waals surface area contributed by atoms with Crippen molar-refractivity contribution in [3.63, 3.8) is 0 Å². The molecule has 0 atom stereocenters. The molecule has 1 aliphatic rings. The number of benzene rings is 2. The lowest BCUT2D eigenvalue weighted by Gasteiger charge is -2.14. The Kier molecular flexibility index (Phi) is 5.73. The van der Waals surface area contributed by atoms with E-state index in [2.05, 4.69) is 5.32 Å². The molecule has 1 saturated heterocycles. The number of carbonyl (C=O) groups is 4. The van der Waals surface area contributed by atoms with Gasteiger partial charge in [-0.15, -0.1) is 0 Å². The molecule has 1 heterocycles. The van der Waals surface area contributed by atoms with Crippen molar-refractivity contribution in [2.24, 2.45) is 0 Å². The van der Waals surface area contributed by atoms with E-state index in [1.807, 2.05) is 42.7 Å². The molecule has 3 N–H and O–H groups in total. The van der Waals surface area contributed by atoms with Gasteiger partial charge in [-0.1, -0.05) is 24.3 Å². The fraction of sp³-hybridized carbons (Fsp3) is 0.143. The molecule has 3 rings (SSSR count). The SMILES string of the molecule is Cc1ccc(C)c(NC(=O)COc2cccc(C=C3C(=O)NC(=O)NC3=O)c2)c1. The Labute approximate surface area is 166 Å². The van der Waals surface area contributed by atoms with E-state index in [9.17, 15) is 19.2 Å². The number of nitrogens with one attached hydrogen (secondary N) is 3. The van der Waals surface area contributed by atoms with Gasteiger partial charge in [-0.2, -0.15) is 0 Å². The molecule has 0 aliphatic carbocycles. The van der Waals surface area contributed by atoms with Crippen LogP contribution in [0, 0.1) is 13.8 Å². The first-order valence-corrected chi connectivity index (χ1v) is 8.80. The van der Waals surface area contributed by atoms with Gasteiger partial charge in [0.2, 0.25) is 0 Å². The Bertz CT molecular complexity index is 1020. The van der Waals surface area contributed by atoms with E-state index in [0.717, 1.165) is 16.8 Å². The van der Waals surface area contributed by atoms with Crippen molar-refractivity contribution in [1.29, 1.82) is 0 Å². The van der Waals surface area contributed by atoms with Crippen LogP contribution in [-0.2, 0) is 14.4 Å². The number of anilines is 1. The highest BCUT2D eigenvalue weighted by Crippen LogP contribution is 2.18. The molecule has 1 fully saturated rings. The molecule has 0 aromatic heterocycles. The lowest BCUT2D eigenvalue weighted by atomic mass is 10.1. The number of hydrogen-bond donors (Lipinski definition) is 3. The number of urea groups is 1. The van der Waals surface area contributed by atoms with Crippen molar-refractivity contribution >= 4 is 35.5 Å². The van der Waals surface area contributed by atoms with Gasteiger partial charge in [-0.3, -0.25) is 25.0 Å². The molecule has 0 spiro atoms. The second kappa shape index (κ2) is 8.39. The third-order valence-corrected chi connectivity index (χ3v) is 4.15. The van der Waals surface area contributed by atoms with Crippen LogP contribution < -0.4 is 20.7 Å². The molecule has 0 saturated carbocycles. The van der Waals surface area contributed by atoms with Crippen molar-refractivity contribution < 1.29 is 23.9 Å². The number of hydrogen-bond acceptors (Lipinski definition) is 5. The smallest absolute Gasteiger partial charge is 0.328 e. The molecule has 0 radical (unpaired) electrons. The molecule has 8 heteroatoms. The summed E-state index contributed by atoms with van der Waals surface area (Å²) in [6, 6.07) is 11.5. The Morgan fingerprint density at radius 2 is 1.76 bits per heavy atom. The van der Waals surface area contributed by atoms with E-state index in [1.54, 1.807) is 24.3 Å². The summed E-state index contributed by atoms with van der Waals surface area (Å²) < 4.78 is 5.51. The van der Waals surface area contributed by atoms with Gasteiger partial charge in [0.25, 0.3) is 17.7 Å². The van der Waals surface area contributed by atoms with E-state index in [-0.39, 0.29) is 18.1 Å². The summed E-state index contributed by atoms with van der Waals surface area (Å²) >= 11 is 0. The minimum atomic E-state index is -0.857. The van der Waals surface area contributed by atoms with E-state index >= 15 is 0 Å². The third-order valence-electron chi connectivity index (χ3n) is 4.15. The van der Waals surface area contributed by atoms with Crippen LogP contribution in [0.4, 0.5) is 10.5 Å². The van der Waals surface area contributed by atoms with Crippen molar-refractivity contribution in [2.75, 3.05) is 11.9 Å². The first-order chi connectivity index (χ1) is 13.8. The number of carbonyl (C=O) groups excluding carboxylic acids is 4. The van der Waals surface area contributed by atoms with Gasteiger partial charge in [-0.25, -0.2) is 4.79 Å². The van der Waals surface area contributed by atoms with E-state index < -0.39 is 17.8 Å². The quantitative estimate of drug-likeness (QED) is 0.532. The third kappa shape index (κ3) is 5.07. The Balaban J connectivity index is 1.65. The van der Waals surface area contributed by atoms with Crippen molar-refractivity contribution in [3.05, 3.63) is 64.7 Å². The molecule has 0 bridgehead atoms. The zero-order valence-corrected chi connectivity index (χ0v) is 15.9. The molecule has 29 heavy (non-hydrogen) atoms. The lowest BCUT2D eigenvalue weighted by Crippen LogP contribution is -2.51. The molecule has 148 valence electrons. The predicted octanol–water partition coefficient (Wildman–Crippen LogP) is 2.07. The second-order valence-corrected chi connectivity index (χ2v) is 6.52. The fourth-order valence-electron chi connectivity index (χ4n) is 2.67. The zero-order valence-electron chi connectivity index (χ0n) is 15.9. The van der Waals surface area contributed by atoms with Crippen LogP contribution in [0.2, 0.25) is 0 Å². The number of ether oxygens (including phenoxy) is 1. The van der Waals surface area contributed by atoms with E-state index in [0.29, 0.717) is 11.3 Å². The Morgan fingerprint density at radius 1 is 1.03 bits per heavy atom. The average Bonchev–Trinajstić information content (AvgIpc) is 2.66. The van der Waals surface area contributed by atoms with Crippen molar-refractivity contribution in [2.45, 2.75) is 13.8 Å². The predicted molar refractivity (Wildman–Crippen MR) is 106 cm³/mol. The summed E-state index contributed by atoms with van der Waals surface area (Å²) in [6.07, 6.45) is 1.33. The lowest BCUT2D eigenvalue weighted by molar-refractivity contribution is -0.124. The largest absolute Gasteiger partial charge is 0.484 e. The van der Waals surface area contributed by atoms with Crippen LogP contribution in [-0.4, -0.2) is 30.4 Å². The minimum Gasteiger partial charge on any atom is -0.484 e. The van der Waals surface area contributed by atoms with Crippen LogP contribution in [0.15, 0.2) is 48.0 Å². The van der Waals surface area contributed by atoms with E-state index in [4.69, 9.17) is 4.74 Å². The Morgan fingerprint density at radius 3 is 2.48 bits per heavy atom. The summed E-state index contributed by atoms with van der Waals surface area (Å²) in [7, 11) is 0. The van der Waals surface area contributed by atoms with E-state index in [1.165, 1.54) is 6.08 Å². The average molecular weight is 393 g/mol. The standard InChI is InChI=1S/C21H19N3O5/c1-12-6-7-13(2)17(8-12)22-18(25)11-29-15-5-3-4-14(9-15)10-16-19(26)23-21(28)24-20(16)27/h3-10H,11H2,1-2H3,(H,22,25)(H2,23,24,26,27,28). The van der Waals surface area contributed by atoms with Crippen LogP contribution in [0.1, 0.15) is 16.7 Å². The van der Waals surface area contributed by atoms with Crippen LogP contribution in [0.25, 0.3) is 6.08 Å². The van der Waals surface area contributed by atoms with Crippen molar-refractivity contribution in [3.8, 4) is 5.75 Å². The van der Waals surface area contributed by atoms with Gasteiger partial charge in [-0.05, 0) is 54.8 Å². The molecule has 2 aromatic rings. The summed E-state index contributed by atoms with van der Waals surface area (Å²) in [4.78, 5) is 46.9. The molecular formula is C21H19N3O5. The highest BCUT2D eigenvalue weighted by molar-refractivity contribution is 6.31. The number of barbiturate groups is 1. The molecule has 8 nitrogen and oxygen atoms in total. The Hall–Kier alpha value is -3.94. The van der Waals surface area contributed by atoms with Gasteiger partial charge in [0, 0.05) is 5.69 Å². The summed E-state index contributed by atoms with van der Waals surface area (Å²) in [5.41, 5.74) is 3.01. The number of rotatable bonds is 5. The summed E-state index contributed by atoms with van der Waals surface area (Å²) in [6.45, 7) is 3.63. The maximum Gasteiger partial charge on any atom is 0.328 e. The van der Waals surface area contributed by atoms with Gasteiger partial charge >= 0.3 is 6.03 Å². The number of imide groups is 2. The topological polar surface area (TPSA) is 114 Å². The molecule has 2 aromatic carbocycles. The molecular weight excluding hydrogens is 374 g/mol. The number of aryl methyl sites for hydroxylation is 2. The minimum absolute atomic E-state index is 0.200. The monoisotopic (exact) mass is 393 g/mol. The summed E-state index contributed by atoms with van der Waals surface area (Å²) in [5, 5.41) is 6.81. The molecule has 1 aliphatic heterocycles. The highest BCUT2D eigenvalue weighted by Gasteiger charge is 2.27. The maximum absolute atomic E-state index is 12.2. The van der Waals surface area contributed by atoms with Crippen LogP contribution in [0.3, 0.4) is 0 Å². The zero-order chi connectivity index (χ0) is 21.0. The van der Waals surface area contributed by atoms with Gasteiger partial charge in [0.1, 0.15) is 11.3 Å². The van der Waals surface area contributed by atoms with Gasteiger partial charge < -0.3 is 10.1 Å². The van der Waals surface area contributed by atoms with Gasteiger partial charge in [0.05, 0.1) is 0 Å². The van der Waals surface area contributed by atoms with Crippen LogP contribution in [0.5, 0.6) is 5.75 Å². The van der Waals surface area contributed by atoms with Crippen LogP contribution >= 0.6 is 0 Å². The second-order valence-electron chi connectivity index (χ2n) is 6.52. The maximum atomic E-state index is 12.2. The molecule has 5 amide bonds. The summed E-state index contributed by atoms with van der Waals surface area (Å²) in [5.74, 6) is -1.48. The fourth-order valence-corrected chi connectivity index (χ4v) is 2.67.